The van der Waals surface area contributed by atoms with Crippen LogP contribution in [-0.2, 0) is 4.79 Å². The third-order valence-electron chi connectivity index (χ3n) is 2.27. The van der Waals surface area contributed by atoms with Gasteiger partial charge in [-0.3, -0.25) is 10.2 Å². The van der Waals surface area contributed by atoms with Gasteiger partial charge in [-0.15, -0.1) is 0 Å². The van der Waals surface area contributed by atoms with E-state index in [2.05, 4.69) is 19.3 Å². The molecule has 1 fully saturated rings. The average molecular weight is 128 g/mol. The largest absolute Gasteiger partial charge is 0.294 e. The van der Waals surface area contributed by atoms with Gasteiger partial charge >= 0.3 is 0 Å². The van der Waals surface area contributed by atoms with Gasteiger partial charge in [0.1, 0.15) is 0 Å². The summed E-state index contributed by atoms with van der Waals surface area (Å²) >= 11 is 0. The van der Waals surface area contributed by atoms with E-state index in [1.165, 1.54) is 0 Å². The molecule has 0 aromatic rings. The molecule has 0 aliphatic heterocycles. The Morgan fingerprint density at radius 1 is 1.44 bits per heavy atom. The maximum absolute atomic E-state index is 10.8. The summed E-state index contributed by atoms with van der Waals surface area (Å²) < 4.78 is 0. The van der Waals surface area contributed by atoms with Gasteiger partial charge in [-0.05, 0) is 11.8 Å². The summed E-state index contributed by atoms with van der Waals surface area (Å²) in [6.07, 6.45) is 0. The second-order valence-corrected chi connectivity index (χ2v) is 2.75. The van der Waals surface area contributed by atoms with Crippen LogP contribution in [0.2, 0.25) is 0 Å². The highest BCUT2D eigenvalue weighted by atomic mass is 16.2. The Kier molecular flexibility index (Phi) is 1.45. The molecule has 1 amide bonds. The Hall–Kier alpha value is -0.570. The molecule has 2 atom stereocenters. The van der Waals surface area contributed by atoms with Gasteiger partial charge in [-0.25, -0.2) is 5.84 Å². The van der Waals surface area contributed by atoms with Crippen molar-refractivity contribution in [3.8, 4) is 0 Å². The molecule has 0 radical (unpaired) electrons. The van der Waals surface area contributed by atoms with E-state index < -0.39 is 0 Å². The Morgan fingerprint density at radius 3 is 2.00 bits per heavy atom. The highest BCUT2D eigenvalue weighted by molar-refractivity contribution is 5.81. The van der Waals surface area contributed by atoms with Crippen LogP contribution in [-0.4, -0.2) is 5.91 Å². The van der Waals surface area contributed by atoms with Gasteiger partial charge in [0.05, 0.1) is 0 Å². The van der Waals surface area contributed by atoms with Crippen LogP contribution < -0.4 is 11.3 Å². The summed E-state index contributed by atoms with van der Waals surface area (Å²) in [7, 11) is 0. The molecule has 2 unspecified atom stereocenters. The number of hydrogen-bond acceptors (Lipinski definition) is 2. The van der Waals surface area contributed by atoms with E-state index in [1.54, 1.807) is 0 Å². The molecule has 52 valence electrons. The van der Waals surface area contributed by atoms with E-state index in [0.717, 1.165) is 0 Å². The molecule has 3 N–H and O–H groups in total. The number of carbonyl (C=O) groups is 1. The fraction of sp³-hybridized carbons (Fsp3) is 0.833. The lowest BCUT2D eigenvalue weighted by atomic mass is 10.3. The molecule has 0 heterocycles. The minimum absolute atomic E-state index is 0.0185. The van der Waals surface area contributed by atoms with Gasteiger partial charge < -0.3 is 0 Å². The summed E-state index contributed by atoms with van der Waals surface area (Å²) in [5.74, 6) is 6.14. The van der Waals surface area contributed by atoms with Crippen LogP contribution in [0.25, 0.3) is 0 Å². The van der Waals surface area contributed by atoms with E-state index in [9.17, 15) is 4.79 Å². The zero-order chi connectivity index (χ0) is 7.02. The minimum atomic E-state index is -0.0185. The number of amides is 1. The van der Waals surface area contributed by atoms with Crippen molar-refractivity contribution in [2.45, 2.75) is 13.8 Å². The highest BCUT2D eigenvalue weighted by Crippen LogP contribution is 2.45. The third kappa shape index (κ3) is 0.920. The summed E-state index contributed by atoms with van der Waals surface area (Å²) in [6.45, 7) is 4.12. The van der Waals surface area contributed by atoms with Crippen LogP contribution >= 0.6 is 0 Å². The molecule has 1 rings (SSSR count). The lowest BCUT2D eigenvalue weighted by molar-refractivity contribution is -0.122. The molecule has 0 spiro atoms. The van der Waals surface area contributed by atoms with Crippen LogP contribution in [0.4, 0.5) is 0 Å². The van der Waals surface area contributed by atoms with Crippen molar-refractivity contribution in [3.63, 3.8) is 0 Å². The minimum Gasteiger partial charge on any atom is -0.294 e. The van der Waals surface area contributed by atoms with Crippen LogP contribution in [0.5, 0.6) is 0 Å². The van der Waals surface area contributed by atoms with Gasteiger partial charge in [0.15, 0.2) is 0 Å². The summed E-state index contributed by atoms with van der Waals surface area (Å²) in [5, 5.41) is 0. The monoisotopic (exact) mass is 128 g/mol. The number of nitrogens with one attached hydrogen (secondary N) is 1. The number of rotatable bonds is 1. The fourth-order valence-electron chi connectivity index (χ4n) is 1.24. The van der Waals surface area contributed by atoms with E-state index in [1.807, 2.05) is 0 Å². The number of carbonyl (C=O) groups excluding carboxylic acids is 1. The zero-order valence-electron chi connectivity index (χ0n) is 5.72. The first-order valence-electron chi connectivity index (χ1n) is 3.19. The van der Waals surface area contributed by atoms with Crippen LogP contribution in [0, 0.1) is 17.8 Å². The van der Waals surface area contributed by atoms with Gasteiger partial charge in [-0.2, -0.15) is 0 Å². The first-order valence-corrected chi connectivity index (χ1v) is 3.19. The Labute approximate surface area is 54.6 Å². The maximum atomic E-state index is 10.8. The Balaban J connectivity index is 2.40. The molecule has 1 saturated carbocycles. The summed E-state index contributed by atoms with van der Waals surface area (Å²) in [5.41, 5.74) is 2.15. The molecular weight excluding hydrogens is 116 g/mol. The van der Waals surface area contributed by atoms with Crippen molar-refractivity contribution in [1.82, 2.24) is 5.43 Å². The smallest absolute Gasteiger partial charge is 0.237 e. The summed E-state index contributed by atoms with van der Waals surface area (Å²) in [6, 6.07) is 0. The molecule has 0 saturated heterocycles. The topological polar surface area (TPSA) is 55.1 Å². The Bertz CT molecular complexity index is 127. The van der Waals surface area contributed by atoms with Crippen molar-refractivity contribution in [1.29, 1.82) is 0 Å². The molecule has 0 aromatic heterocycles. The van der Waals surface area contributed by atoms with Gasteiger partial charge in [-0.1, -0.05) is 13.8 Å². The van der Waals surface area contributed by atoms with Crippen molar-refractivity contribution < 1.29 is 4.79 Å². The van der Waals surface area contributed by atoms with Crippen LogP contribution in [0.1, 0.15) is 13.8 Å². The van der Waals surface area contributed by atoms with Crippen LogP contribution in [0.3, 0.4) is 0 Å². The molecule has 0 aromatic carbocycles. The number of hydrogen-bond donors (Lipinski definition) is 2. The molecule has 3 nitrogen and oxygen atoms in total. The highest BCUT2D eigenvalue weighted by Gasteiger charge is 2.47. The molecule has 3 heteroatoms. The normalized spacial score (nSPS) is 40.1. The Morgan fingerprint density at radius 2 is 1.89 bits per heavy atom. The van der Waals surface area contributed by atoms with E-state index >= 15 is 0 Å². The van der Waals surface area contributed by atoms with Gasteiger partial charge in [0, 0.05) is 5.92 Å². The first kappa shape index (κ1) is 6.55. The standard InChI is InChI=1S/C6H12N2O/c1-3-4(2)5(3)6(9)8-7/h3-5H,7H2,1-2H3,(H,8,9). The zero-order valence-corrected chi connectivity index (χ0v) is 5.72. The molecular formula is C6H12N2O. The second kappa shape index (κ2) is 1.99. The fourth-order valence-corrected chi connectivity index (χ4v) is 1.24. The van der Waals surface area contributed by atoms with E-state index in [-0.39, 0.29) is 11.8 Å². The lowest BCUT2D eigenvalue weighted by Gasteiger charge is -1.92. The number of hydrazine groups is 1. The number of nitrogens with two attached hydrogens (primary N) is 1. The lowest BCUT2D eigenvalue weighted by Crippen LogP contribution is -2.32. The third-order valence-corrected chi connectivity index (χ3v) is 2.27. The van der Waals surface area contributed by atoms with Crippen molar-refractivity contribution in [2.75, 3.05) is 0 Å². The average Bonchev–Trinajstić information content (AvgIpc) is 2.40. The molecule has 1 aliphatic rings. The molecule has 1 aliphatic carbocycles. The van der Waals surface area contributed by atoms with Gasteiger partial charge in [0.25, 0.3) is 0 Å². The quantitative estimate of drug-likeness (QED) is 0.294. The first-order chi connectivity index (χ1) is 4.18. The summed E-state index contributed by atoms with van der Waals surface area (Å²) in [4.78, 5) is 10.8. The van der Waals surface area contributed by atoms with Crippen molar-refractivity contribution >= 4 is 5.91 Å². The molecule has 0 bridgehead atoms. The van der Waals surface area contributed by atoms with Gasteiger partial charge in [0.2, 0.25) is 5.91 Å². The van der Waals surface area contributed by atoms with Crippen LogP contribution in [0.15, 0.2) is 0 Å². The SMILES string of the molecule is CC1C(C)C1C(=O)NN. The predicted octanol–water partition coefficient (Wildman–Crippen LogP) is -0.122. The predicted molar refractivity (Wildman–Crippen MR) is 34.1 cm³/mol. The van der Waals surface area contributed by atoms with Crippen molar-refractivity contribution in [2.24, 2.45) is 23.6 Å². The van der Waals surface area contributed by atoms with Crippen molar-refractivity contribution in [3.05, 3.63) is 0 Å². The van der Waals surface area contributed by atoms with E-state index in [4.69, 9.17) is 5.84 Å². The van der Waals surface area contributed by atoms with E-state index in [0.29, 0.717) is 11.8 Å². The maximum Gasteiger partial charge on any atom is 0.237 e. The second-order valence-electron chi connectivity index (χ2n) is 2.75. The molecule has 9 heavy (non-hydrogen) atoms.